The van der Waals surface area contributed by atoms with Crippen molar-refractivity contribution in [2.24, 2.45) is 0 Å². The molecule has 0 N–H and O–H groups in total. The molecule has 0 atom stereocenters. The Morgan fingerprint density at radius 2 is 2.03 bits per heavy atom. The number of hydrogen-bond acceptors (Lipinski definition) is 4. The molecule has 0 saturated carbocycles. The van der Waals surface area contributed by atoms with E-state index in [-0.39, 0.29) is 11.7 Å². The largest absolute Gasteiger partial charge is 0.456 e. The van der Waals surface area contributed by atoms with Crippen molar-refractivity contribution in [1.82, 2.24) is 19.9 Å². The Bertz CT molecular complexity index is 1310. The van der Waals surface area contributed by atoms with Gasteiger partial charge in [-0.25, -0.2) is 4.39 Å². The lowest BCUT2D eigenvalue weighted by Gasteiger charge is -2.27. The summed E-state index contributed by atoms with van der Waals surface area (Å²) in [5.41, 5.74) is 4.43. The summed E-state index contributed by atoms with van der Waals surface area (Å²) in [7, 11) is 0. The standard InChI is InChI=1S/C25H23FN4O2/c1-17-13-19(4-6-22(17)26)24-15-21-14-18(5-7-23(21)32-24)20-3-2-10-29(16-20)25(31)8-11-30-12-9-27-28-30/h3-7,9,12-15H,2,8,10-11,16H2,1H3. The third-order valence-electron chi connectivity index (χ3n) is 5.86. The highest BCUT2D eigenvalue weighted by Gasteiger charge is 2.19. The van der Waals surface area contributed by atoms with Crippen LogP contribution >= 0.6 is 0 Å². The molecule has 2 aromatic carbocycles. The van der Waals surface area contributed by atoms with Crippen LogP contribution in [0.2, 0.25) is 0 Å². The number of carbonyl (C=O) groups is 1. The normalized spacial score (nSPS) is 14.1. The number of rotatable bonds is 5. The number of furan rings is 1. The third-order valence-corrected chi connectivity index (χ3v) is 5.86. The van der Waals surface area contributed by atoms with Gasteiger partial charge in [-0.15, -0.1) is 5.10 Å². The van der Waals surface area contributed by atoms with Crippen LogP contribution in [0.25, 0.3) is 27.9 Å². The summed E-state index contributed by atoms with van der Waals surface area (Å²) in [6.45, 7) is 3.58. The lowest BCUT2D eigenvalue weighted by molar-refractivity contribution is -0.131. The monoisotopic (exact) mass is 430 g/mol. The predicted octanol–water partition coefficient (Wildman–Crippen LogP) is 4.84. The highest BCUT2D eigenvalue weighted by atomic mass is 19.1. The second kappa shape index (κ2) is 8.42. The van der Waals surface area contributed by atoms with E-state index < -0.39 is 0 Å². The van der Waals surface area contributed by atoms with Gasteiger partial charge in [0.2, 0.25) is 5.91 Å². The van der Waals surface area contributed by atoms with Crippen molar-refractivity contribution >= 4 is 22.4 Å². The minimum absolute atomic E-state index is 0.115. The van der Waals surface area contributed by atoms with Crippen LogP contribution in [0.3, 0.4) is 0 Å². The van der Waals surface area contributed by atoms with Crippen molar-refractivity contribution < 1.29 is 13.6 Å². The number of carbonyl (C=O) groups excluding carboxylic acids is 1. The third kappa shape index (κ3) is 4.06. The fourth-order valence-corrected chi connectivity index (χ4v) is 4.07. The van der Waals surface area contributed by atoms with Crippen LogP contribution in [0.5, 0.6) is 0 Å². The van der Waals surface area contributed by atoms with E-state index in [1.807, 2.05) is 23.1 Å². The van der Waals surface area contributed by atoms with Crippen molar-refractivity contribution in [3.05, 3.63) is 77.9 Å². The molecule has 7 heteroatoms. The van der Waals surface area contributed by atoms with Gasteiger partial charge in [0.25, 0.3) is 0 Å². The van der Waals surface area contributed by atoms with Crippen molar-refractivity contribution in [2.75, 3.05) is 13.1 Å². The Hall–Kier alpha value is -3.74. The van der Waals surface area contributed by atoms with E-state index in [0.29, 0.717) is 30.8 Å². The predicted molar refractivity (Wildman–Crippen MR) is 120 cm³/mol. The number of benzene rings is 2. The molecule has 0 aliphatic carbocycles. The van der Waals surface area contributed by atoms with Crippen molar-refractivity contribution in [3.8, 4) is 11.3 Å². The molecule has 1 amide bonds. The maximum absolute atomic E-state index is 13.6. The summed E-state index contributed by atoms with van der Waals surface area (Å²) in [5, 5.41) is 8.67. The Balaban J connectivity index is 1.33. The minimum Gasteiger partial charge on any atom is -0.456 e. The Labute approximate surface area is 184 Å². The van der Waals surface area contributed by atoms with Crippen LogP contribution in [0, 0.1) is 12.7 Å². The topological polar surface area (TPSA) is 64.2 Å². The van der Waals surface area contributed by atoms with Gasteiger partial charge in [-0.3, -0.25) is 9.48 Å². The maximum Gasteiger partial charge on any atom is 0.224 e. The number of hydrogen-bond donors (Lipinski definition) is 0. The van der Waals surface area contributed by atoms with Crippen molar-refractivity contribution in [1.29, 1.82) is 0 Å². The number of aromatic nitrogens is 3. The van der Waals surface area contributed by atoms with Crippen LogP contribution in [0.1, 0.15) is 24.0 Å². The molecule has 162 valence electrons. The van der Waals surface area contributed by atoms with Crippen LogP contribution in [-0.2, 0) is 11.3 Å². The number of nitrogens with zero attached hydrogens (tertiary/aromatic N) is 4. The van der Waals surface area contributed by atoms with Gasteiger partial charge in [0.1, 0.15) is 17.2 Å². The van der Waals surface area contributed by atoms with Gasteiger partial charge in [-0.1, -0.05) is 17.4 Å². The first kappa shape index (κ1) is 20.2. The number of fused-ring (bicyclic) bond motifs is 1. The summed E-state index contributed by atoms with van der Waals surface area (Å²) in [6.07, 6.45) is 6.80. The fraction of sp³-hybridized carbons (Fsp3) is 0.240. The Morgan fingerprint density at radius 1 is 1.16 bits per heavy atom. The molecule has 4 aromatic rings. The zero-order valence-corrected chi connectivity index (χ0v) is 17.8. The van der Waals surface area contributed by atoms with E-state index >= 15 is 0 Å². The second-order valence-corrected chi connectivity index (χ2v) is 8.08. The molecule has 1 aliphatic heterocycles. The highest BCUT2D eigenvalue weighted by molar-refractivity contribution is 5.87. The van der Waals surface area contributed by atoms with Gasteiger partial charge in [0.05, 0.1) is 12.7 Å². The van der Waals surface area contributed by atoms with E-state index in [4.69, 9.17) is 4.42 Å². The highest BCUT2D eigenvalue weighted by Crippen LogP contribution is 2.31. The molecule has 0 fully saturated rings. The zero-order chi connectivity index (χ0) is 22.1. The summed E-state index contributed by atoms with van der Waals surface area (Å²) in [4.78, 5) is 14.6. The molecule has 0 spiro atoms. The molecular formula is C25H23FN4O2. The van der Waals surface area contributed by atoms with Gasteiger partial charge >= 0.3 is 0 Å². The molecule has 3 heterocycles. The van der Waals surface area contributed by atoms with Crippen LogP contribution in [0.4, 0.5) is 4.39 Å². The maximum atomic E-state index is 13.6. The van der Waals surface area contributed by atoms with Gasteiger partial charge in [0.15, 0.2) is 0 Å². The number of halogens is 1. The Kier molecular flexibility index (Phi) is 5.31. The smallest absolute Gasteiger partial charge is 0.224 e. The number of amides is 1. The first-order valence-electron chi connectivity index (χ1n) is 10.7. The zero-order valence-electron chi connectivity index (χ0n) is 17.8. The van der Waals surface area contributed by atoms with Gasteiger partial charge < -0.3 is 9.32 Å². The molecule has 0 bridgehead atoms. The summed E-state index contributed by atoms with van der Waals surface area (Å²) >= 11 is 0. The molecular weight excluding hydrogens is 407 g/mol. The van der Waals surface area contributed by atoms with Gasteiger partial charge in [-0.05, 0) is 66.4 Å². The Morgan fingerprint density at radius 3 is 2.84 bits per heavy atom. The molecule has 1 aliphatic rings. The minimum atomic E-state index is -0.225. The lowest BCUT2D eigenvalue weighted by atomic mass is 9.99. The van der Waals surface area contributed by atoms with Gasteiger partial charge in [-0.2, -0.15) is 0 Å². The first-order valence-corrected chi connectivity index (χ1v) is 10.7. The lowest BCUT2D eigenvalue weighted by Crippen LogP contribution is -2.35. The van der Waals surface area contributed by atoms with Crippen LogP contribution in [0.15, 0.2) is 65.4 Å². The van der Waals surface area contributed by atoms with Gasteiger partial charge in [0, 0.05) is 36.7 Å². The van der Waals surface area contributed by atoms with E-state index in [2.05, 4.69) is 22.5 Å². The molecule has 0 radical (unpaired) electrons. The fourth-order valence-electron chi connectivity index (χ4n) is 4.07. The first-order chi connectivity index (χ1) is 15.6. The molecule has 0 unspecified atom stereocenters. The average molecular weight is 430 g/mol. The molecule has 2 aromatic heterocycles. The van der Waals surface area contributed by atoms with Crippen molar-refractivity contribution in [3.63, 3.8) is 0 Å². The summed E-state index contributed by atoms with van der Waals surface area (Å²) in [5.74, 6) is 0.601. The molecule has 32 heavy (non-hydrogen) atoms. The SMILES string of the molecule is Cc1cc(-c2cc3cc(C4=CCCN(C(=O)CCn5ccnn5)C4)ccc3o2)ccc1F. The van der Waals surface area contributed by atoms with E-state index in [0.717, 1.165) is 40.6 Å². The second-order valence-electron chi connectivity index (χ2n) is 8.08. The summed E-state index contributed by atoms with van der Waals surface area (Å²) in [6, 6.07) is 13.0. The number of aryl methyl sites for hydroxylation is 2. The summed E-state index contributed by atoms with van der Waals surface area (Å²) < 4.78 is 21.3. The molecule has 6 nitrogen and oxygen atoms in total. The quantitative estimate of drug-likeness (QED) is 0.454. The molecule has 5 rings (SSSR count). The van der Waals surface area contributed by atoms with Crippen molar-refractivity contribution in [2.45, 2.75) is 26.3 Å². The van der Waals surface area contributed by atoms with Crippen LogP contribution in [-0.4, -0.2) is 38.9 Å². The average Bonchev–Trinajstić information content (AvgIpc) is 3.48. The molecule has 0 saturated heterocycles. The van der Waals surface area contributed by atoms with Crippen LogP contribution < -0.4 is 0 Å². The van der Waals surface area contributed by atoms with E-state index in [9.17, 15) is 9.18 Å². The van der Waals surface area contributed by atoms with E-state index in [1.54, 1.807) is 36.1 Å². The van der Waals surface area contributed by atoms with E-state index in [1.165, 1.54) is 6.07 Å².